The molecule has 0 bridgehead atoms. The maximum Gasteiger partial charge on any atom is 0.434 e. The molecule has 3 aliphatic heterocycles. The second-order valence-corrected chi connectivity index (χ2v) is 10.2. The predicted octanol–water partition coefficient (Wildman–Crippen LogP) is 5.15. The molecule has 1 aromatic carbocycles. The zero-order chi connectivity index (χ0) is 28.8. The molecule has 39 heavy (non-hydrogen) atoms. The topological polar surface area (TPSA) is 70.2 Å². The molecule has 14 heteroatoms. The summed E-state index contributed by atoms with van der Waals surface area (Å²) in [5.41, 5.74) is 1.76. The largest absolute Gasteiger partial charge is 0.434 e. The van der Waals surface area contributed by atoms with Crippen molar-refractivity contribution in [3.05, 3.63) is 29.6 Å². The number of halogens is 7. The van der Waals surface area contributed by atoms with Crippen LogP contribution >= 0.6 is 0 Å². The van der Waals surface area contributed by atoms with Crippen molar-refractivity contribution in [1.82, 2.24) is 9.80 Å². The first kappa shape index (κ1) is 30.7. The lowest BCUT2D eigenvalue weighted by Crippen LogP contribution is -2.50. The van der Waals surface area contributed by atoms with Crippen LogP contribution in [0.15, 0.2) is 18.2 Å². The molecule has 7 nitrogen and oxygen atoms in total. The minimum Gasteiger partial charge on any atom is -0.426 e. The van der Waals surface area contributed by atoms with E-state index in [1.807, 2.05) is 0 Å². The predicted molar refractivity (Wildman–Crippen MR) is 123 cm³/mol. The number of carbonyl (C=O) groups excluding carboxylic acids is 3. The zero-order valence-electron chi connectivity index (χ0n) is 21.1. The molecule has 0 saturated carbocycles. The molecular formula is C25H30F7N3O4. The molecule has 1 aromatic rings. The number of anilines is 1. The fraction of sp³-hybridized carbons (Fsp3) is 0.680. The Morgan fingerprint density at radius 2 is 1.49 bits per heavy atom. The first-order valence-corrected chi connectivity index (χ1v) is 12.6. The molecule has 0 radical (unpaired) electrons. The molecule has 0 atom stereocenters. The van der Waals surface area contributed by atoms with Crippen molar-refractivity contribution in [2.24, 2.45) is 5.41 Å². The van der Waals surface area contributed by atoms with Crippen molar-refractivity contribution < 1.29 is 49.9 Å². The summed E-state index contributed by atoms with van der Waals surface area (Å²) in [4.78, 5) is 33.7. The summed E-state index contributed by atoms with van der Waals surface area (Å²) in [6.07, 6.45) is -11.9. The second kappa shape index (κ2) is 12.5. The molecule has 3 heterocycles. The Hall–Kier alpha value is -2.86. The Balaban J connectivity index is 0.00000134. The summed E-state index contributed by atoms with van der Waals surface area (Å²) < 4.78 is 94.2. The standard InChI is InChI=1S/C24H30F7N3O2.CO2/c25-18-5-4-17(19(14-18)33-9-2-1-3-10-33)15-32-11-6-22(16-32)7-12-34(13-8-22)21(35)36-20(23(26,27)28)24(29,30)31;2-1-3/h4-5,14,20H,1-3,6-13,15-16H2;. The van der Waals surface area contributed by atoms with E-state index < -0.39 is 24.5 Å². The number of alkyl halides is 6. The fourth-order valence-electron chi connectivity index (χ4n) is 5.57. The van der Waals surface area contributed by atoms with Crippen LogP contribution in [-0.2, 0) is 20.9 Å². The van der Waals surface area contributed by atoms with Gasteiger partial charge in [-0.15, -0.1) is 0 Å². The van der Waals surface area contributed by atoms with Gasteiger partial charge < -0.3 is 14.5 Å². The molecule has 0 aromatic heterocycles. The van der Waals surface area contributed by atoms with Gasteiger partial charge in [-0.25, -0.2) is 9.18 Å². The molecule has 3 saturated heterocycles. The summed E-state index contributed by atoms with van der Waals surface area (Å²) in [5, 5.41) is 0. The van der Waals surface area contributed by atoms with E-state index >= 15 is 0 Å². The van der Waals surface area contributed by atoms with Gasteiger partial charge in [0.15, 0.2) is 0 Å². The van der Waals surface area contributed by atoms with E-state index in [9.17, 15) is 35.5 Å². The van der Waals surface area contributed by atoms with Gasteiger partial charge in [0.1, 0.15) is 5.82 Å². The maximum atomic E-state index is 14.0. The third-order valence-corrected chi connectivity index (χ3v) is 7.55. The summed E-state index contributed by atoms with van der Waals surface area (Å²) in [7, 11) is 0. The van der Waals surface area contributed by atoms with Crippen LogP contribution in [0.4, 0.5) is 41.2 Å². The zero-order valence-corrected chi connectivity index (χ0v) is 21.1. The highest BCUT2D eigenvalue weighted by atomic mass is 19.4. The Kier molecular flexibility index (Phi) is 9.87. The quantitative estimate of drug-likeness (QED) is 0.468. The molecule has 1 spiro atoms. The van der Waals surface area contributed by atoms with Gasteiger partial charge >= 0.3 is 24.6 Å². The fourth-order valence-corrected chi connectivity index (χ4v) is 5.57. The van der Waals surface area contributed by atoms with Crippen LogP contribution in [-0.4, -0.2) is 79.8 Å². The Labute approximate surface area is 220 Å². The smallest absolute Gasteiger partial charge is 0.426 e. The lowest BCUT2D eigenvalue weighted by molar-refractivity contribution is -0.308. The van der Waals surface area contributed by atoms with Gasteiger partial charge in [-0.05, 0) is 68.2 Å². The number of nitrogens with zero attached hydrogens (tertiary/aromatic N) is 3. The number of piperidine rings is 2. The molecule has 0 aliphatic carbocycles. The van der Waals surface area contributed by atoms with E-state index in [0.29, 0.717) is 25.9 Å². The van der Waals surface area contributed by atoms with Crippen LogP contribution in [0.1, 0.15) is 44.1 Å². The van der Waals surface area contributed by atoms with Gasteiger partial charge in [-0.2, -0.15) is 35.9 Å². The lowest BCUT2D eigenvalue weighted by Gasteiger charge is -2.39. The SMILES string of the molecule is O=C(OC(C(F)(F)F)C(F)(F)F)N1CCC2(CCN(Cc3ccc(F)cc3N3CCCCC3)C2)CC1.O=C=O. The molecule has 1 amide bonds. The monoisotopic (exact) mass is 569 g/mol. The summed E-state index contributed by atoms with van der Waals surface area (Å²) in [5.74, 6) is -0.283. The van der Waals surface area contributed by atoms with Crippen molar-refractivity contribution in [1.29, 1.82) is 0 Å². The van der Waals surface area contributed by atoms with E-state index in [-0.39, 0.29) is 30.5 Å². The van der Waals surface area contributed by atoms with Crippen LogP contribution in [0.5, 0.6) is 0 Å². The van der Waals surface area contributed by atoms with Crippen LogP contribution in [0.2, 0.25) is 0 Å². The number of hydrogen-bond acceptors (Lipinski definition) is 6. The summed E-state index contributed by atoms with van der Waals surface area (Å²) >= 11 is 0. The van der Waals surface area contributed by atoms with E-state index in [1.165, 1.54) is 6.07 Å². The van der Waals surface area contributed by atoms with Gasteiger partial charge in [0.05, 0.1) is 0 Å². The summed E-state index contributed by atoms with van der Waals surface area (Å²) in [6, 6.07) is 4.83. The van der Waals surface area contributed by atoms with Crippen LogP contribution in [0.25, 0.3) is 0 Å². The Morgan fingerprint density at radius 3 is 2.05 bits per heavy atom. The Morgan fingerprint density at radius 1 is 0.923 bits per heavy atom. The van der Waals surface area contributed by atoms with Crippen molar-refractivity contribution in [3.8, 4) is 0 Å². The molecular weight excluding hydrogens is 539 g/mol. The van der Waals surface area contributed by atoms with E-state index in [2.05, 4.69) is 14.5 Å². The number of amides is 1. The lowest BCUT2D eigenvalue weighted by atomic mass is 9.78. The van der Waals surface area contributed by atoms with Crippen molar-refractivity contribution in [2.75, 3.05) is 44.2 Å². The van der Waals surface area contributed by atoms with Crippen LogP contribution in [0.3, 0.4) is 0 Å². The minimum atomic E-state index is -5.73. The minimum absolute atomic E-state index is 0.0324. The molecule has 3 fully saturated rings. The van der Waals surface area contributed by atoms with Gasteiger partial charge in [0.25, 0.3) is 6.10 Å². The molecule has 0 N–H and O–H groups in total. The van der Waals surface area contributed by atoms with Crippen molar-refractivity contribution in [3.63, 3.8) is 0 Å². The first-order valence-electron chi connectivity index (χ1n) is 12.6. The second-order valence-electron chi connectivity index (χ2n) is 10.2. The van der Waals surface area contributed by atoms with Crippen molar-refractivity contribution in [2.45, 2.75) is 63.5 Å². The van der Waals surface area contributed by atoms with Crippen LogP contribution in [0, 0.1) is 11.2 Å². The van der Waals surface area contributed by atoms with E-state index in [4.69, 9.17) is 9.59 Å². The molecule has 218 valence electrons. The first-order chi connectivity index (χ1) is 18.3. The van der Waals surface area contributed by atoms with Crippen LogP contribution < -0.4 is 4.90 Å². The molecule has 4 rings (SSSR count). The number of benzene rings is 1. The number of rotatable bonds is 4. The average Bonchev–Trinajstić information content (AvgIpc) is 3.25. The van der Waals surface area contributed by atoms with Crippen molar-refractivity contribution >= 4 is 17.9 Å². The van der Waals surface area contributed by atoms with E-state index in [0.717, 1.165) is 61.5 Å². The normalized spacial score (nSPS) is 20.0. The maximum absolute atomic E-state index is 14.0. The highest BCUT2D eigenvalue weighted by molar-refractivity contribution is 5.68. The van der Waals surface area contributed by atoms with Gasteiger partial charge in [0.2, 0.25) is 0 Å². The van der Waals surface area contributed by atoms with E-state index in [1.54, 1.807) is 12.1 Å². The number of carbonyl (C=O) groups is 1. The highest BCUT2D eigenvalue weighted by Gasteiger charge is 2.60. The third-order valence-electron chi connectivity index (χ3n) is 7.55. The number of ether oxygens (including phenoxy) is 1. The van der Waals surface area contributed by atoms with Gasteiger partial charge in [0, 0.05) is 45.0 Å². The highest BCUT2D eigenvalue weighted by Crippen LogP contribution is 2.42. The summed E-state index contributed by atoms with van der Waals surface area (Å²) in [6.45, 7) is 3.92. The third kappa shape index (κ3) is 8.07. The number of hydrogen-bond donors (Lipinski definition) is 0. The number of likely N-dealkylation sites (tertiary alicyclic amines) is 2. The van der Waals surface area contributed by atoms with Gasteiger partial charge in [-0.1, -0.05) is 6.07 Å². The molecule has 0 unspecified atom stereocenters. The van der Waals surface area contributed by atoms with Gasteiger partial charge in [-0.3, -0.25) is 4.90 Å². The Bertz CT molecular complexity index is 1000. The average molecular weight is 570 g/mol. The molecule has 3 aliphatic rings.